The molecule has 24 heavy (non-hydrogen) atoms. The second-order valence-corrected chi connectivity index (χ2v) is 5.38. The van der Waals surface area contributed by atoms with Crippen molar-refractivity contribution in [2.75, 3.05) is 12.1 Å². The molecular formula is C18H21FN2O3. The summed E-state index contributed by atoms with van der Waals surface area (Å²) in [6.45, 7) is 4.03. The van der Waals surface area contributed by atoms with Crippen molar-refractivity contribution in [3.8, 4) is 5.75 Å². The molecule has 0 unspecified atom stereocenters. The van der Waals surface area contributed by atoms with Gasteiger partial charge in [0.05, 0.1) is 5.69 Å². The summed E-state index contributed by atoms with van der Waals surface area (Å²) in [7, 11) is 1.39. The van der Waals surface area contributed by atoms with Crippen LogP contribution in [0.2, 0.25) is 0 Å². The highest BCUT2D eigenvalue weighted by atomic mass is 19.1. The Morgan fingerprint density at radius 1 is 1.29 bits per heavy atom. The molecule has 6 heteroatoms. The molecule has 5 nitrogen and oxygen atoms in total. The summed E-state index contributed by atoms with van der Waals surface area (Å²) in [5.74, 6) is 0.201. The first kappa shape index (κ1) is 17.7. The van der Waals surface area contributed by atoms with Gasteiger partial charge in [0.25, 0.3) is 0 Å². The zero-order valence-electron chi connectivity index (χ0n) is 14.0. The number of rotatable bonds is 5. The summed E-state index contributed by atoms with van der Waals surface area (Å²) < 4.78 is 19.3. The first-order chi connectivity index (χ1) is 11.5. The molecule has 128 valence electrons. The molecule has 0 saturated heterocycles. The van der Waals surface area contributed by atoms with Crippen LogP contribution in [0.1, 0.15) is 23.6 Å². The maximum Gasteiger partial charge on any atom is 0.345 e. The van der Waals surface area contributed by atoms with Crippen molar-refractivity contribution in [1.29, 1.82) is 0 Å². The van der Waals surface area contributed by atoms with E-state index in [1.807, 2.05) is 25.1 Å². The Labute approximate surface area is 140 Å². The normalized spacial score (nSPS) is 10.4. The smallest absolute Gasteiger partial charge is 0.345 e. The highest BCUT2D eigenvalue weighted by Gasteiger charge is 2.17. The first-order valence-electron chi connectivity index (χ1n) is 7.67. The van der Waals surface area contributed by atoms with Crippen LogP contribution in [-0.2, 0) is 13.0 Å². The zero-order valence-corrected chi connectivity index (χ0v) is 14.0. The minimum atomic E-state index is -0.716. The molecule has 0 atom stereocenters. The number of aryl methyl sites for hydroxylation is 2. The molecular weight excluding hydrogens is 311 g/mol. The number of nitrogens with one attached hydrogen (secondary N) is 1. The largest absolute Gasteiger partial charge is 0.489 e. The van der Waals surface area contributed by atoms with Gasteiger partial charge in [-0.2, -0.15) is 5.06 Å². The quantitative estimate of drug-likeness (QED) is 0.646. The SMILES string of the molecule is CCc1ccc(OCc2cc(F)ccc2N(O)C(=O)NC)c(C)c1. The molecule has 0 saturated carbocycles. The van der Waals surface area contributed by atoms with E-state index in [1.54, 1.807) is 0 Å². The molecule has 2 amide bonds. The molecule has 0 aromatic heterocycles. The van der Waals surface area contributed by atoms with Gasteiger partial charge >= 0.3 is 6.03 Å². The van der Waals surface area contributed by atoms with Gasteiger partial charge in [0, 0.05) is 12.6 Å². The van der Waals surface area contributed by atoms with Crippen LogP contribution in [0.4, 0.5) is 14.9 Å². The van der Waals surface area contributed by atoms with Gasteiger partial charge in [0.2, 0.25) is 0 Å². The topological polar surface area (TPSA) is 61.8 Å². The Kier molecular flexibility index (Phi) is 5.76. The molecule has 0 fully saturated rings. The first-order valence-corrected chi connectivity index (χ1v) is 7.67. The fourth-order valence-corrected chi connectivity index (χ4v) is 2.34. The summed E-state index contributed by atoms with van der Waals surface area (Å²) in [6.07, 6.45) is 0.931. The van der Waals surface area contributed by atoms with E-state index in [0.29, 0.717) is 16.4 Å². The van der Waals surface area contributed by atoms with Gasteiger partial charge in [-0.05, 0) is 48.7 Å². The predicted molar refractivity (Wildman–Crippen MR) is 90.0 cm³/mol. The number of amides is 2. The van der Waals surface area contributed by atoms with E-state index in [9.17, 15) is 14.4 Å². The number of nitrogens with zero attached hydrogens (tertiary/aromatic N) is 1. The molecule has 0 aliphatic heterocycles. The maximum atomic E-state index is 13.5. The van der Waals surface area contributed by atoms with Crippen LogP contribution in [0.3, 0.4) is 0 Å². The summed E-state index contributed by atoms with van der Waals surface area (Å²) >= 11 is 0. The molecule has 2 aromatic rings. The van der Waals surface area contributed by atoms with Crippen molar-refractivity contribution < 1.29 is 19.1 Å². The number of urea groups is 1. The minimum absolute atomic E-state index is 0.0213. The monoisotopic (exact) mass is 332 g/mol. The molecule has 0 aliphatic carbocycles. The van der Waals surface area contributed by atoms with Crippen LogP contribution < -0.4 is 15.1 Å². The lowest BCUT2D eigenvalue weighted by atomic mass is 10.1. The number of hydrogen-bond donors (Lipinski definition) is 2. The lowest BCUT2D eigenvalue weighted by Crippen LogP contribution is -2.36. The van der Waals surface area contributed by atoms with E-state index in [2.05, 4.69) is 12.2 Å². The number of ether oxygens (including phenoxy) is 1. The van der Waals surface area contributed by atoms with Crippen LogP contribution >= 0.6 is 0 Å². The second-order valence-electron chi connectivity index (χ2n) is 5.38. The number of benzene rings is 2. The molecule has 2 aromatic carbocycles. The number of hydrogen-bond acceptors (Lipinski definition) is 3. The third-order valence-electron chi connectivity index (χ3n) is 3.71. The Morgan fingerprint density at radius 3 is 2.67 bits per heavy atom. The van der Waals surface area contributed by atoms with Crippen LogP contribution in [0.25, 0.3) is 0 Å². The Hall–Kier alpha value is -2.60. The zero-order chi connectivity index (χ0) is 17.7. The lowest BCUT2D eigenvalue weighted by molar-refractivity contribution is 0.205. The van der Waals surface area contributed by atoms with Crippen molar-refractivity contribution in [2.45, 2.75) is 26.9 Å². The average Bonchev–Trinajstić information content (AvgIpc) is 2.59. The van der Waals surface area contributed by atoms with E-state index in [-0.39, 0.29) is 12.3 Å². The highest BCUT2D eigenvalue weighted by molar-refractivity contribution is 5.90. The van der Waals surface area contributed by atoms with Crippen LogP contribution in [0.15, 0.2) is 36.4 Å². The molecule has 0 spiro atoms. The Morgan fingerprint density at radius 2 is 2.04 bits per heavy atom. The van der Waals surface area contributed by atoms with Gasteiger partial charge in [0.15, 0.2) is 0 Å². The summed E-state index contributed by atoms with van der Waals surface area (Å²) in [5.41, 5.74) is 2.70. The molecule has 0 aliphatic rings. The van der Waals surface area contributed by atoms with Gasteiger partial charge in [-0.25, -0.2) is 9.18 Å². The van der Waals surface area contributed by atoms with Gasteiger partial charge < -0.3 is 10.1 Å². The number of halogens is 1. The Bertz CT molecular complexity index is 734. The van der Waals surface area contributed by atoms with Crippen molar-refractivity contribution in [2.24, 2.45) is 0 Å². The van der Waals surface area contributed by atoms with E-state index >= 15 is 0 Å². The van der Waals surface area contributed by atoms with E-state index < -0.39 is 11.8 Å². The van der Waals surface area contributed by atoms with Crippen LogP contribution in [-0.4, -0.2) is 18.3 Å². The molecule has 0 radical (unpaired) electrons. The number of carbonyl (C=O) groups excluding carboxylic acids is 1. The average molecular weight is 332 g/mol. The third kappa shape index (κ3) is 4.02. The highest BCUT2D eigenvalue weighted by Crippen LogP contribution is 2.25. The van der Waals surface area contributed by atoms with Crippen LogP contribution in [0.5, 0.6) is 5.75 Å². The molecule has 0 heterocycles. The van der Waals surface area contributed by atoms with Gasteiger partial charge in [-0.15, -0.1) is 0 Å². The summed E-state index contributed by atoms with van der Waals surface area (Å²) in [6, 6.07) is 8.89. The minimum Gasteiger partial charge on any atom is -0.489 e. The van der Waals surface area contributed by atoms with E-state index in [0.717, 1.165) is 12.0 Å². The molecule has 2 N–H and O–H groups in total. The fraction of sp³-hybridized carbons (Fsp3) is 0.278. The van der Waals surface area contributed by atoms with Gasteiger partial charge in [-0.3, -0.25) is 5.21 Å². The van der Waals surface area contributed by atoms with Crippen molar-refractivity contribution in [1.82, 2.24) is 5.32 Å². The fourth-order valence-electron chi connectivity index (χ4n) is 2.34. The Balaban J connectivity index is 2.23. The van der Waals surface area contributed by atoms with Gasteiger partial charge in [-0.1, -0.05) is 19.1 Å². The molecule has 2 rings (SSSR count). The van der Waals surface area contributed by atoms with Crippen molar-refractivity contribution >= 4 is 11.7 Å². The van der Waals surface area contributed by atoms with Crippen LogP contribution in [0, 0.1) is 12.7 Å². The maximum absolute atomic E-state index is 13.5. The number of carbonyl (C=O) groups is 1. The predicted octanol–water partition coefficient (Wildman–Crippen LogP) is 3.81. The van der Waals surface area contributed by atoms with E-state index in [4.69, 9.17) is 4.74 Å². The van der Waals surface area contributed by atoms with Crippen molar-refractivity contribution in [3.05, 3.63) is 58.9 Å². The summed E-state index contributed by atoms with van der Waals surface area (Å²) in [5, 5.41) is 12.7. The van der Waals surface area contributed by atoms with Gasteiger partial charge in [0.1, 0.15) is 18.2 Å². The lowest BCUT2D eigenvalue weighted by Gasteiger charge is -2.19. The van der Waals surface area contributed by atoms with E-state index in [1.165, 1.54) is 30.8 Å². The third-order valence-corrected chi connectivity index (χ3v) is 3.71. The van der Waals surface area contributed by atoms with Crippen molar-refractivity contribution in [3.63, 3.8) is 0 Å². The summed E-state index contributed by atoms with van der Waals surface area (Å²) in [4.78, 5) is 11.6. The second kappa shape index (κ2) is 7.79. The number of hydroxylamine groups is 1. The standard InChI is InChI=1S/C18H21FN2O3/c1-4-13-5-8-17(12(2)9-13)24-11-14-10-15(19)6-7-16(14)21(23)18(22)20-3/h5-10,23H,4,11H2,1-3H3,(H,20,22). The molecule has 0 bridgehead atoms. The number of anilines is 1.